The Balaban J connectivity index is 1.65. The minimum Gasteiger partial charge on any atom is -0.381 e. The minimum absolute atomic E-state index is 0.0558. The van der Waals surface area contributed by atoms with E-state index in [1.54, 1.807) is 24.7 Å². The molecule has 0 radical (unpaired) electrons. The molecule has 2 aromatic heterocycles. The fourth-order valence-electron chi connectivity index (χ4n) is 1.93. The molecule has 0 amide bonds. The quantitative estimate of drug-likeness (QED) is 0.879. The monoisotopic (exact) mass is 256 g/mol. The number of anilines is 1. The maximum absolute atomic E-state index is 11.9. The lowest BCUT2D eigenvalue weighted by atomic mass is 10.2. The SMILES string of the molecule is O=c1cc(NC2CC2)cnn1CCc1ccncc1. The van der Waals surface area contributed by atoms with Crippen LogP contribution in [0.2, 0.25) is 0 Å². The lowest BCUT2D eigenvalue weighted by Crippen LogP contribution is -2.23. The Morgan fingerprint density at radius 1 is 1.32 bits per heavy atom. The van der Waals surface area contributed by atoms with Gasteiger partial charge in [0, 0.05) is 31.0 Å². The van der Waals surface area contributed by atoms with Crippen LogP contribution >= 0.6 is 0 Å². The van der Waals surface area contributed by atoms with Crippen molar-refractivity contribution in [3.8, 4) is 0 Å². The van der Waals surface area contributed by atoms with Crippen LogP contribution in [0.25, 0.3) is 0 Å². The predicted molar refractivity (Wildman–Crippen MR) is 73.1 cm³/mol. The van der Waals surface area contributed by atoms with E-state index in [9.17, 15) is 4.79 Å². The predicted octanol–water partition coefficient (Wildman–Crippen LogP) is 1.46. The van der Waals surface area contributed by atoms with E-state index in [2.05, 4.69) is 15.4 Å². The van der Waals surface area contributed by atoms with E-state index in [1.165, 1.54) is 17.5 Å². The number of aromatic nitrogens is 3. The summed E-state index contributed by atoms with van der Waals surface area (Å²) in [5.74, 6) is 0. The van der Waals surface area contributed by atoms with Gasteiger partial charge in [0.25, 0.3) is 5.56 Å². The van der Waals surface area contributed by atoms with Crippen molar-refractivity contribution < 1.29 is 0 Å². The van der Waals surface area contributed by atoms with Gasteiger partial charge < -0.3 is 5.32 Å². The Morgan fingerprint density at radius 3 is 2.79 bits per heavy atom. The third kappa shape index (κ3) is 3.19. The first-order valence-corrected chi connectivity index (χ1v) is 6.54. The van der Waals surface area contributed by atoms with Gasteiger partial charge in [-0.05, 0) is 37.0 Å². The second-order valence-electron chi connectivity index (χ2n) is 4.83. The molecule has 0 spiro atoms. The zero-order chi connectivity index (χ0) is 13.1. The van der Waals surface area contributed by atoms with Gasteiger partial charge in [0.1, 0.15) is 0 Å². The summed E-state index contributed by atoms with van der Waals surface area (Å²) in [6, 6.07) is 6.06. The molecule has 0 aromatic carbocycles. The Labute approximate surface area is 111 Å². The molecule has 5 heteroatoms. The van der Waals surface area contributed by atoms with Crippen molar-refractivity contribution in [2.24, 2.45) is 0 Å². The zero-order valence-electron chi connectivity index (χ0n) is 10.6. The molecule has 2 heterocycles. The van der Waals surface area contributed by atoms with E-state index < -0.39 is 0 Å². The molecule has 98 valence electrons. The van der Waals surface area contributed by atoms with Crippen LogP contribution in [0, 0.1) is 0 Å². The summed E-state index contributed by atoms with van der Waals surface area (Å²) in [4.78, 5) is 15.9. The van der Waals surface area contributed by atoms with Crippen molar-refractivity contribution in [1.82, 2.24) is 14.8 Å². The molecule has 3 rings (SSSR count). The van der Waals surface area contributed by atoms with Gasteiger partial charge in [0.05, 0.1) is 11.9 Å². The summed E-state index contributed by atoms with van der Waals surface area (Å²) >= 11 is 0. The zero-order valence-corrected chi connectivity index (χ0v) is 10.6. The van der Waals surface area contributed by atoms with Gasteiger partial charge in [-0.3, -0.25) is 9.78 Å². The van der Waals surface area contributed by atoms with Gasteiger partial charge in [0.15, 0.2) is 0 Å². The lowest BCUT2D eigenvalue weighted by Gasteiger charge is -2.07. The first kappa shape index (κ1) is 11.9. The van der Waals surface area contributed by atoms with E-state index in [0.717, 1.165) is 17.7 Å². The van der Waals surface area contributed by atoms with E-state index in [1.807, 2.05) is 12.1 Å². The van der Waals surface area contributed by atoms with Gasteiger partial charge >= 0.3 is 0 Å². The van der Waals surface area contributed by atoms with Crippen molar-refractivity contribution in [3.05, 3.63) is 52.7 Å². The molecule has 0 atom stereocenters. The molecule has 2 aromatic rings. The second-order valence-corrected chi connectivity index (χ2v) is 4.83. The highest BCUT2D eigenvalue weighted by atomic mass is 16.1. The van der Waals surface area contributed by atoms with Crippen molar-refractivity contribution in [3.63, 3.8) is 0 Å². The summed E-state index contributed by atoms with van der Waals surface area (Å²) in [6.45, 7) is 0.590. The van der Waals surface area contributed by atoms with E-state index in [-0.39, 0.29) is 5.56 Å². The van der Waals surface area contributed by atoms with Gasteiger partial charge in [-0.25, -0.2) is 4.68 Å². The Hall–Kier alpha value is -2.17. The van der Waals surface area contributed by atoms with E-state index in [0.29, 0.717) is 12.6 Å². The van der Waals surface area contributed by atoms with Crippen LogP contribution in [-0.2, 0) is 13.0 Å². The molecule has 0 unspecified atom stereocenters. The van der Waals surface area contributed by atoms with Crippen LogP contribution in [0.5, 0.6) is 0 Å². The average molecular weight is 256 g/mol. The van der Waals surface area contributed by atoms with Gasteiger partial charge in [-0.15, -0.1) is 0 Å². The van der Waals surface area contributed by atoms with Gasteiger partial charge in [-0.2, -0.15) is 5.10 Å². The van der Waals surface area contributed by atoms with E-state index in [4.69, 9.17) is 0 Å². The number of hydrogen-bond donors (Lipinski definition) is 1. The van der Waals surface area contributed by atoms with Crippen LogP contribution in [-0.4, -0.2) is 20.8 Å². The van der Waals surface area contributed by atoms with Crippen LogP contribution in [0.15, 0.2) is 41.6 Å². The third-order valence-electron chi connectivity index (χ3n) is 3.18. The summed E-state index contributed by atoms with van der Waals surface area (Å²) in [5.41, 5.74) is 1.93. The highest BCUT2D eigenvalue weighted by Crippen LogP contribution is 2.23. The van der Waals surface area contributed by atoms with Crippen molar-refractivity contribution in [2.75, 3.05) is 5.32 Å². The molecular formula is C14H16N4O. The molecule has 5 nitrogen and oxygen atoms in total. The minimum atomic E-state index is -0.0558. The largest absolute Gasteiger partial charge is 0.381 e. The molecule has 1 aliphatic rings. The number of aryl methyl sites for hydroxylation is 2. The van der Waals surface area contributed by atoms with Crippen molar-refractivity contribution >= 4 is 5.69 Å². The van der Waals surface area contributed by atoms with E-state index >= 15 is 0 Å². The number of nitrogens with one attached hydrogen (secondary N) is 1. The second kappa shape index (κ2) is 5.22. The molecule has 1 N–H and O–H groups in total. The summed E-state index contributed by atoms with van der Waals surface area (Å²) < 4.78 is 1.50. The first-order valence-electron chi connectivity index (χ1n) is 6.54. The highest BCUT2D eigenvalue weighted by Gasteiger charge is 2.20. The number of nitrogens with zero attached hydrogens (tertiary/aromatic N) is 3. The molecule has 1 saturated carbocycles. The van der Waals surface area contributed by atoms with Crippen molar-refractivity contribution in [1.29, 1.82) is 0 Å². The maximum Gasteiger partial charge on any atom is 0.268 e. The smallest absolute Gasteiger partial charge is 0.268 e. The number of rotatable bonds is 5. The van der Waals surface area contributed by atoms with Crippen LogP contribution in [0.4, 0.5) is 5.69 Å². The van der Waals surface area contributed by atoms with Crippen LogP contribution in [0.1, 0.15) is 18.4 Å². The number of pyridine rings is 1. The Kier molecular flexibility index (Phi) is 3.27. The number of hydrogen-bond acceptors (Lipinski definition) is 4. The first-order chi connectivity index (χ1) is 9.31. The highest BCUT2D eigenvalue weighted by molar-refractivity contribution is 5.41. The summed E-state index contributed by atoms with van der Waals surface area (Å²) in [5, 5.41) is 7.47. The molecule has 19 heavy (non-hydrogen) atoms. The fourth-order valence-corrected chi connectivity index (χ4v) is 1.93. The molecule has 0 aliphatic heterocycles. The Bertz CT molecular complexity index is 604. The van der Waals surface area contributed by atoms with Gasteiger partial charge in [0.2, 0.25) is 0 Å². The molecule has 0 saturated heterocycles. The summed E-state index contributed by atoms with van der Waals surface area (Å²) in [6.07, 6.45) is 8.40. The van der Waals surface area contributed by atoms with Crippen LogP contribution in [0.3, 0.4) is 0 Å². The maximum atomic E-state index is 11.9. The fraction of sp³-hybridized carbons (Fsp3) is 0.357. The topological polar surface area (TPSA) is 59.8 Å². The van der Waals surface area contributed by atoms with Gasteiger partial charge in [-0.1, -0.05) is 0 Å². The lowest BCUT2D eigenvalue weighted by molar-refractivity contribution is 0.578. The molecule has 1 fully saturated rings. The van der Waals surface area contributed by atoms with Crippen molar-refractivity contribution in [2.45, 2.75) is 31.8 Å². The normalized spacial score (nSPS) is 14.3. The Morgan fingerprint density at radius 2 is 2.11 bits per heavy atom. The third-order valence-corrected chi connectivity index (χ3v) is 3.18. The average Bonchev–Trinajstić information content (AvgIpc) is 3.23. The molecule has 0 bridgehead atoms. The standard InChI is InChI=1S/C14H16N4O/c19-14-9-13(17-12-1-2-12)10-16-18(14)8-5-11-3-6-15-7-4-11/h3-4,6-7,9-10,12,17H,1-2,5,8H2. The molecule has 1 aliphatic carbocycles. The van der Waals surface area contributed by atoms with Crippen LogP contribution < -0.4 is 10.9 Å². The summed E-state index contributed by atoms with van der Waals surface area (Å²) in [7, 11) is 0. The molecular weight excluding hydrogens is 240 g/mol.